The number of hydrogen-bond acceptors (Lipinski definition) is 4. The second-order valence-electron chi connectivity index (χ2n) is 5.26. The Morgan fingerprint density at radius 1 is 1.04 bits per heavy atom. The normalized spacial score (nSPS) is 12.2. The summed E-state index contributed by atoms with van der Waals surface area (Å²) in [5.41, 5.74) is 13.6. The van der Waals surface area contributed by atoms with Gasteiger partial charge in [0.15, 0.2) is 5.84 Å². The van der Waals surface area contributed by atoms with Crippen LogP contribution in [0.1, 0.15) is 11.4 Å². The van der Waals surface area contributed by atoms with Crippen LogP contribution in [0.25, 0.3) is 10.6 Å². The van der Waals surface area contributed by atoms with E-state index >= 15 is 0 Å². The summed E-state index contributed by atoms with van der Waals surface area (Å²) in [5, 5.41) is 2.68. The highest BCUT2D eigenvalue weighted by Crippen LogP contribution is 2.23. The highest BCUT2D eigenvalue weighted by atomic mass is 32.1. The van der Waals surface area contributed by atoms with Crippen LogP contribution in [0.3, 0.4) is 0 Å². The predicted octanol–water partition coefficient (Wildman–Crippen LogP) is 1.99. The number of benzene rings is 1. The number of pyridine rings is 1. The molecule has 2 aromatic heterocycles. The van der Waals surface area contributed by atoms with Crippen LogP contribution in [0, 0.1) is 0 Å². The average molecular weight is 364 g/mol. The summed E-state index contributed by atoms with van der Waals surface area (Å²) in [6, 6.07) is 15.0. The molecule has 0 unspecified atom stereocenters. The smallest absolute Gasteiger partial charge is 0.254 e. The van der Waals surface area contributed by atoms with Crippen molar-refractivity contribution in [3.8, 4) is 10.6 Å². The maximum atomic E-state index is 12.1. The van der Waals surface area contributed by atoms with Gasteiger partial charge in [-0.15, -0.1) is 11.3 Å². The highest BCUT2D eigenvalue weighted by molar-refractivity contribution is 7.13. The molecule has 0 saturated carbocycles. The van der Waals surface area contributed by atoms with E-state index in [0.29, 0.717) is 11.4 Å². The Kier molecular flexibility index (Phi) is 5.45. The number of carbonyl (C=O) groups excluding carboxylic acids is 1. The summed E-state index contributed by atoms with van der Waals surface area (Å²) in [4.78, 5) is 28.2. The predicted molar refractivity (Wildman–Crippen MR) is 103 cm³/mol. The minimum atomic E-state index is -0.440. The summed E-state index contributed by atoms with van der Waals surface area (Å²) in [6.07, 6.45) is 1.63. The SMILES string of the molecule is NC(=NC(=O)Cc1csc(-c2ccccc2)n1)/N=C(\N)c1ccccn1. The fourth-order valence-corrected chi connectivity index (χ4v) is 2.97. The first-order chi connectivity index (χ1) is 12.6. The molecule has 0 spiro atoms. The third-order valence-corrected chi connectivity index (χ3v) is 4.25. The van der Waals surface area contributed by atoms with Crippen molar-refractivity contribution in [1.82, 2.24) is 9.97 Å². The summed E-state index contributed by atoms with van der Waals surface area (Å²) >= 11 is 1.47. The van der Waals surface area contributed by atoms with Gasteiger partial charge >= 0.3 is 0 Å². The molecule has 1 amide bonds. The molecule has 0 aliphatic heterocycles. The second-order valence-corrected chi connectivity index (χ2v) is 6.12. The molecule has 26 heavy (non-hydrogen) atoms. The van der Waals surface area contributed by atoms with E-state index in [-0.39, 0.29) is 18.2 Å². The fraction of sp³-hybridized carbons (Fsp3) is 0.0556. The molecule has 2 heterocycles. The van der Waals surface area contributed by atoms with Crippen LogP contribution in [0.15, 0.2) is 70.1 Å². The van der Waals surface area contributed by atoms with Crippen molar-refractivity contribution in [2.75, 3.05) is 0 Å². The molecule has 0 atom stereocenters. The molecule has 3 rings (SSSR count). The number of thiazole rings is 1. The van der Waals surface area contributed by atoms with Gasteiger partial charge in [0.2, 0.25) is 5.96 Å². The van der Waals surface area contributed by atoms with Gasteiger partial charge in [-0.05, 0) is 12.1 Å². The van der Waals surface area contributed by atoms with Crippen molar-refractivity contribution >= 4 is 29.0 Å². The van der Waals surface area contributed by atoms with Crippen molar-refractivity contribution in [3.05, 3.63) is 71.5 Å². The first kappa shape index (κ1) is 17.4. The van der Waals surface area contributed by atoms with E-state index < -0.39 is 5.91 Å². The van der Waals surface area contributed by atoms with Gasteiger partial charge in [0, 0.05) is 17.1 Å². The van der Waals surface area contributed by atoms with Gasteiger partial charge in [0.05, 0.1) is 12.1 Å². The number of aliphatic imine (C=N–C) groups is 2. The van der Waals surface area contributed by atoms with Gasteiger partial charge in [0.1, 0.15) is 10.7 Å². The molecule has 0 fully saturated rings. The van der Waals surface area contributed by atoms with Crippen LogP contribution in [-0.4, -0.2) is 27.7 Å². The molecule has 0 aliphatic rings. The Hall–Kier alpha value is -3.39. The molecule has 3 aromatic rings. The minimum absolute atomic E-state index is 0.0447. The van der Waals surface area contributed by atoms with Gasteiger partial charge in [-0.3, -0.25) is 9.78 Å². The van der Waals surface area contributed by atoms with Crippen molar-refractivity contribution in [2.24, 2.45) is 21.5 Å². The highest BCUT2D eigenvalue weighted by Gasteiger charge is 2.09. The van der Waals surface area contributed by atoms with E-state index in [9.17, 15) is 4.79 Å². The molecule has 1 aromatic carbocycles. The molecule has 0 aliphatic carbocycles. The van der Waals surface area contributed by atoms with Gasteiger partial charge in [-0.1, -0.05) is 36.4 Å². The standard InChI is InChI=1S/C18H16N6OS/c19-16(14-8-4-5-9-21-14)24-18(20)23-15(25)10-13-11-26-17(22-13)12-6-2-1-3-7-12/h1-9,11H,10H2,(H4,19,20,23,24,25). The number of carbonyl (C=O) groups is 1. The van der Waals surface area contributed by atoms with Crippen LogP contribution >= 0.6 is 11.3 Å². The van der Waals surface area contributed by atoms with Gasteiger partial charge in [-0.25, -0.2) is 4.98 Å². The molecule has 0 bridgehead atoms. The number of rotatable bonds is 4. The van der Waals surface area contributed by atoms with Crippen molar-refractivity contribution in [1.29, 1.82) is 0 Å². The van der Waals surface area contributed by atoms with Gasteiger partial charge in [0.25, 0.3) is 5.91 Å². The summed E-state index contributed by atoms with van der Waals surface area (Å²) in [5.74, 6) is -0.554. The quantitative estimate of drug-likeness (QED) is 0.542. The van der Waals surface area contributed by atoms with Crippen LogP contribution in [0.5, 0.6) is 0 Å². The lowest BCUT2D eigenvalue weighted by molar-refractivity contribution is -0.117. The van der Waals surface area contributed by atoms with E-state index in [4.69, 9.17) is 11.5 Å². The van der Waals surface area contributed by atoms with E-state index in [1.807, 2.05) is 35.7 Å². The number of hydrogen-bond donors (Lipinski definition) is 2. The van der Waals surface area contributed by atoms with E-state index in [0.717, 1.165) is 10.6 Å². The molecular formula is C18H16N6OS. The third kappa shape index (κ3) is 4.58. The maximum absolute atomic E-state index is 12.1. The first-order valence-electron chi connectivity index (χ1n) is 7.74. The fourth-order valence-electron chi connectivity index (χ4n) is 2.14. The number of guanidine groups is 1. The summed E-state index contributed by atoms with van der Waals surface area (Å²) < 4.78 is 0. The molecule has 130 valence electrons. The van der Waals surface area contributed by atoms with Crippen molar-refractivity contribution < 1.29 is 4.79 Å². The lowest BCUT2D eigenvalue weighted by Gasteiger charge is -1.99. The summed E-state index contributed by atoms with van der Waals surface area (Å²) in [7, 11) is 0. The van der Waals surface area contributed by atoms with Crippen LogP contribution < -0.4 is 11.5 Å². The Morgan fingerprint density at radius 3 is 2.54 bits per heavy atom. The summed E-state index contributed by atoms with van der Waals surface area (Å²) in [6.45, 7) is 0. The minimum Gasteiger partial charge on any atom is -0.382 e. The molecular weight excluding hydrogens is 348 g/mol. The zero-order valence-electron chi connectivity index (χ0n) is 13.7. The monoisotopic (exact) mass is 364 g/mol. The average Bonchev–Trinajstić information content (AvgIpc) is 3.11. The number of nitrogens with zero attached hydrogens (tertiary/aromatic N) is 4. The Bertz CT molecular complexity index is 950. The zero-order valence-corrected chi connectivity index (χ0v) is 14.6. The number of amidine groups is 1. The number of amides is 1. The first-order valence-corrected chi connectivity index (χ1v) is 8.62. The van der Waals surface area contributed by atoms with Crippen LogP contribution in [-0.2, 0) is 11.2 Å². The molecule has 0 radical (unpaired) electrons. The Morgan fingerprint density at radius 2 is 1.81 bits per heavy atom. The lowest BCUT2D eigenvalue weighted by Crippen LogP contribution is -2.21. The maximum Gasteiger partial charge on any atom is 0.254 e. The van der Waals surface area contributed by atoms with Crippen LogP contribution in [0.4, 0.5) is 0 Å². The van der Waals surface area contributed by atoms with Gasteiger partial charge < -0.3 is 11.5 Å². The van der Waals surface area contributed by atoms with Crippen molar-refractivity contribution in [2.45, 2.75) is 6.42 Å². The largest absolute Gasteiger partial charge is 0.382 e. The van der Waals surface area contributed by atoms with Crippen LogP contribution in [0.2, 0.25) is 0 Å². The Labute approximate surface area is 154 Å². The Balaban J connectivity index is 1.67. The second kappa shape index (κ2) is 8.13. The van der Waals surface area contributed by atoms with E-state index in [2.05, 4.69) is 20.0 Å². The molecule has 4 N–H and O–H groups in total. The molecule has 0 saturated heterocycles. The van der Waals surface area contributed by atoms with Gasteiger partial charge in [-0.2, -0.15) is 9.98 Å². The number of nitrogens with two attached hydrogens (primary N) is 2. The lowest BCUT2D eigenvalue weighted by atomic mass is 10.2. The molecule has 8 heteroatoms. The zero-order chi connectivity index (χ0) is 18.4. The van der Waals surface area contributed by atoms with E-state index in [1.54, 1.807) is 24.4 Å². The van der Waals surface area contributed by atoms with Crippen molar-refractivity contribution in [3.63, 3.8) is 0 Å². The third-order valence-electron chi connectivity index (χ3n) is 3.31. The topological polar surface area (TPSA) is 120 Å². The number of aromatic nitrogens is 2. The van der Waals surface area contributed by atoms with E-state index in [1.165, 1.54) is 11.3 Å². The molecule has 7 nitrogen and oxygen atoms in total.